The van der Waals surface area contributed by atoms with E-state index in [4.69, 9.17) is 0 Å². The van der Waals surface area contributed by atoms with E-state index in [9.17, 15) is 0 Å². The number of benzene rings is 8. The standard InChI is InChI=1S/C49H31NS2/c1-3-15-32(16-4-1)33-29-30-40-46(31-33)52-44-27-12-9-23-39(44)49(40)38-22-8-11-26-43(38)51-45-28-14-21-36(48(45)49)35-20-13-25-42-47(35)37-19-7-10-24-41(37)50(42)34-17-5-2-6-18-34/h1-31H. The van der Waals surface area contributed by atoms with Gasteiger partial charge in [-0.05, 0) is 93.0 Å². The third-order valence-electron chi connectivity index (χ3n) is 10.9. The van der Waals surface area contributed by atoms with Crippen molar-refractivity contribution in [2.45, 2.75) is 25.0 Å². The van der Waals surface area contributed by atoms with Crippen molar-refractivity contribution in [3.63, 3.8) is 0 Å². The molecule has 1 nitrogen and oxygen atoms in total. The lowest BCUT2D eigenvalue weighted by Gasteiger charge is -2.46. The first-order valence-corrected chi connectivity index (χ1v) is 19.4. The first kappa shape index (κ1) is 29.9. The van der Waals surface area contributed by atoms with Crippen molar-refractivity contribution in [2.24, 2.45) is 0 Å². The molecule has 0 bridgehead atoms. The second-order valence-electron chi connectivity index (χ2n) is 13.6. The van der Waals surface area contributed by atoms with Gasteiger partial charge in [0.05, 0.1) is 16.4 Å². The van der Waals surface area contributed by atoms with Crippen molar-refractivity contribution >= 4 is 45.3 Å². The van der Waals surface area contributed by atoms with Crippen LogP contribution >= 0.6 is 23.5 Å². The van der Waals surface area contributed by atoms with E-state index in [2.05, 4.69) is 193 Å². The minimum Gasteiger partial charge on any atom is -0.309 e. The molecule has 0 aliphatic carbocycles. The van der Waals surface area contributed by atoms with Gasteiger partial charge < -0.3 is 4.57 Å². The molecule has 0 saturated carbocycles. The van der Waals surface area contributed by atoms with Crippen LogP contribution in [0.4, 0.5) is 0 Å². The number of rotatable bonds is 3. The topological polar surface area (TPSA) is 4.93 Å². The maximum Gasteiger partial charge on any atom is 0.0751 e. The normalized spacial score (nSPS) is 15.6. The van der Waals surface area contributed by atoms with Gasteiger partial charge in [-0.25, -0.2) is 0 Å². The fraction of sp³-hybridized carbons (Fsp3) is 0.0204. The number of hydrogen-bond donors (Lipinski definition) is 0. The third kappa shape index (κ3) is 4.21. The summed E-state index contributed by atoms with van der Waals surface area (Å²) in [6, 6.07) is 69.7. The molecule has 1 atom stereocenters. The highest BCUT2D eigenvalue weighted by molar-refractivity contribution is 8.00. The Kier molecular flexibility index (Phi) is 6.70. The molecule has 3 heteroatoms. The molecule has 0 amide bonds. The molecule has 52 heavy (non-hydrogen) atoms. The molecule has 0 radical (unpaired) electrons. The van der Waals surface area contributed by atoms with Crippen LogP contribution in [0.15, 0.2) is 208 Å². The summed E-state index contributed by atoms with van der Waals surface area (Å²) in [6.07, 6.45) is 0. The maximum absolute atomic E-state index is 2.43. The Hall–Kier alpha value is -5.74. The second kappa shape index (κ2) is 11.6. The third-order valence-corrected chi connectivity index (χ3v) is 13.2. The molecule has 3 heterocycles. The minimum atomic E-state index is -0.528. The zero-order valence-corrected chi connectivity index (χ0v) is 29.8. The number of fused-ring (bicyclic) bond motifs is 11. The Morgan fingerprint density at radius 2 is 0.962 bits per heavy atom. The number of para-hydroxylation sites is 2. The smallest absolute Gasteiger partial charge is 0.0751 e. The Morgan fingerprint density at radius 3 is 1.75 bits per heavy atom. The maximum atomic E-state index is 2.43. The molecule has 9 aromatic rings. The van der Waals surface area contributed by atoms with Crippen molar-refractivity contribution in [2.75, 3.05) is 0 Å². The first-order valence-electron chi connectivity index (χ1n) is 17.8. The summed E-state index contributed by atoms with van der Waals surface area (Å²) in [5.74, 6) is 0. The second-order valence-corrected chi connectivity index (χ2v) is 15.8. The molecule has 2 aliphatic rings. The molecule has 2 aliphatic heterocycles. The molecular weight excluding hydrogens is 667 g/mol. The van der Waals surface area contributed by atoms with E-state index < -0.39 is 5.41 Å². The Morgan fingerprint density at radius 1 is 0.385 bits per heavy atom. The predicted molar refractivity (Wildman–Crippen MR) is 218 cm³/mol. The van der Waals surface area contributed by atoms with Crippen LogP contribution < -0.4 is 0 Å². The number of aromatic nitrogens is 1. The van der Waals surface area contributed by atoms with Crippen molar-refractivity contribution in [1.29, 1.82) is 0 Å². The van der Waals surface area contributed by atoms with Crippen LogP contribution in [0.2, 0.25) is 0 Å². The molecule has 0 fully saturated rings. The van der Waals surface area contributed by atoms with E-state index in [1.165, 1.54) is 91.6 Å². The lowest BCUT2D eigenvalue weighted by Crippen LogP contribution is -2.37. The van der Waals surface area contributed by atoms with Crippen LogP contribution in [0.1, 0.15) is 22.3 Å². The van der Waals surface area contributed by atoms with Gasteiger partial charge in [-0.2, -0.15) is 0 Å². The SMILES string of the molecule is c1ccc(-c2ccc3c(c2)Sc2ccccc2C32c3ccccc3Sc3cccc(-c4cccc5c4c4ccccc4n5-c4ccccc4)c32)cc1. The fourth-order valence-electron chi connectivity index (χ4n) is 8.86. The highest BCUT2D eigenvalue weighted by atomic mass is 32.2. The van der Waals surface area contributed by atoms with Crippen molar-refractivity contribution in [1.82, 2.24) is 4.57 Å². The van der Waals surface area contributed by atoms with E-state index >= 15 is 0 Å². The zero-order valence-electron chi connectivity index (χ0n) is 28.2. The average molecular weight is 698 g/mol. The molecule has 11 rings (SSSR count). The van der Waals surface area contributed by atoms with Crippen LogP contribution in [0.25, 0.3) is 49.7 Å². The highest BCUT2D eigenvalue weighted by Gasteiger charge is 2.50. The van der Waals surface area contributed by atoms with Gasteiger partial charge in [-0.1, -0.05) is 163 Å². The zero-order chi connectivity index (χ0) is 34.2. The fourth-order valence-corrected chi connectivity index (χ4v) is 11.3. The van der Waals surface area contributed by atoms with E-state index in [1.807, 2.05) is 23.5 Å². The van der Waals surface area contributed by atoms with Gasteiger partial charge in [-0.3, -0.25) is 0 Å². The molecule has 0 saturated heterocycles. The summed E-state index contributed by atoms with van der Waals surface area (Å²) >= 11 is 3.81. The van der Waals surface area contributed by atoms with Gasteiger partial charge in [0, 0.05) is 36.0 Å². The monoisotopic (exact) mass is 697 g/mol. The first-order chi connectivity index (χ1) is 25.8. The molecular formula is C49H31NS2. The van der Waals surface area contributed by atoms with Crippen LogP contribution in [-0.2, 0) is 5.41 Å². The van der Waals surface area contributed by atoms with Crippen LogP contribution in [-0.4, -0.2) is 4.57 Å². The molecule has 1 unspecified atom stereocenters. The molecule has 1 spiro atoms. The highest BCUT2D eigenvalue weighted by Crippen LogP contribution is 2.63. The van der Waals surface area contributed by atoms with Gasteiger partial charge in [0.25, 0.3) is 0 Å². The largest absolute Gasteiger partial charge is 0.309 e. The summed E-state index contributed by atoms with van der Waals surface area (Å²) in [5, 5.41) is 2.55. The van der Waals surface area contributed by atoms with Gasteiger partial charge in [0.15, 0.2) is 0 Å². The van der Waals surface area contributed by atoms with E-state index in [0.29, 0.717) is 0 Å². The summed E-state index contributed by atoms with van der Waals surface area (Å²) in [4.78, 5) is 5.23. The molecule has 8 aromatic carbocycles. The van der Waals surface area contributed by atoms with Gasteiger partial charge in [0.2, 0.25) is 0 Å². The average Bonchev–Trinajstić information content (AvgIpc) is 3.56. The molecule has 0 N–H and O–H groups in total. The van der Waals surface area contributed by atoms with Crippen molar-refractivity contribution in [3.05, 3.63) is 210 Å². The van der Waals surface area contributed by atoms with E-state index in [-0.39, 0.29) is 0 Å². The lowest BCUT2D eigenvalue weighted by atomic mass is 9.62. The lowest BCUT2D eigenvalue weighted by molar-refractivity contribution is 0.669. The summed E-state index contributed by atoms with van der Waals surface area (Å²) in [6.45, 7) is 0. The molecule has 1 aromatic heterocycles. The van der Waals surface area contributed by atoms with E-state index in [0.717, 1.165) is 0 Å². The summed E-state index contributed by atoms with van der Waals surface area (Å²) in [5.41, 5.74) is 13.5. The van der Waals surface area contributed by atoms with Crippen molar-refractivity contribution in [3.8, 4) is 27.9 Å². The van der Waals surface area contributed by atoms with E-state index in [1.54, 1.807) is 0 Å². The Balaban J connectivity index is 1.27. The van der Waals surface area contributed by atoms with Crippen LogP contribution in [0.3, 0.4) is 0 Å². The van der Waals surface area contributed by atoms with Gasteiger partial charge >= 0.3 is 0 Å². The summed E-state index contributed by atoms with van der Waals surface area (Å²) < 4.78 is 2.43. The van der Waals surface area contributed by atoms with Crippen LogP contribution in [0, 0.1) is 0 Å². The van der Waals surface area contributed by atoms with Crippen molar-refractivity contribution < 1.29 is 0 Å². The minimum absolute atomic E-state index is 0.528. The van der Waals surface area contributed by atoms with Crippen LogP contribution in [0.5, 0.6) is 0 Å². The Bertz CT molecular complexity index is 2840. The number of hydrogen-bond acceptors (Lipinski definition) is 2. The Labute approximate surface area is 311 Å². The van der Waals surface area contributed by atoms with Gasteiger partial charge in [-0.15, -0.1) is 0 Å². The molecule has 244 valence electrons. The quantitative estimate of drug-likeness (QED) is 0.181. The summed E-state index contributed by atoms with van der Waals surface area (Å²) in [7, 11) is 0. The predicted octanol–water partition coefficient (Wildman–Crippen LogP) is 13.4. The van der Waals surface area contributed by atoms with Gasteiger partial charge in [0.1, 0.15) is 0 Å². The number of nitrogens with zero attached hydrogens (tertiary/aromatic N) is 1.